The lowest BCUT2D eigenvalue weighted by atomic mass is 10.0. The van der Waals surface area contributed by atoms with Crippen molar-refractivity contribution in [1.29, 1.82) is 0 Å². The van der Waals surface area contributed by atoms with Gasteiger partial charge in [-0.1, -0.05) is 77.0 Å². The molecular weight excluding hydrogens is 718 g/mol. The Hall–Kier alpha value is -3.34. The molecule has 0 aliphatic carbocycles. The third-order valence-corrected chi connectivity index (χ3v) is 8.07. The molecule has 0 saturated heterocycles. The number of amides is 3. The fraction of sp³-hybridized carbons (Fsp3) is 0.846. The standard InChI is InChI=1S/C39H71N3O13/c1-39(2,3)55-37(49)19-17-15-13-11-9-7-5-4-6-8-10-12-14-16-18-33(43)42-32(20-21-35(45)46)38(50)41-23-25-52-26-28-53-30-34(44)40-22-24-51-27-29-54-31-36(47)48/h32H,4-31H2,1-3H3,(H,40,44)(H,41,50)(H,42,43)(H,45,46)(H,47,48)/t32-/m0/s1. The quantitative estimate of drug-likeness (QED) is 0.0435. The van der Waals surface area contributed by atoms with Gasteiger partial charge < -0.3 is 49.8 Å². The summed E-state index contributed by atoms with van der Waals surface area (Å²) in [4.78, 5) is 70.1. The molecule has 0 aromatic rings. The molecule has 0 saturated carbocycles. The van der Waals surface area contributed by atoms with Gasteiger partial charge in [-0.25, -0.2) is 4.79 Å². The lowest BCUT2D eigenvalue weighted by Gasteiger charge is -2.19. The number of ether oxygens (including phenoxy) is 5. The minimum absolute atomic E-state index is 0.0210. The van der Waals surface area contributed by atoms with Crippen LogP contribution in [0.2, 0.25) is 0 Å². The second-order valence-electron chi connectivity index (χ2n) is 14.5. The zero-order valence-electron chi connectivity index (χ0n) is 33.8. The molecule has 16 heteroatoms. The molecule has 0 spiro atoms. The molecule has 5 N–H and O–H groups in total. The van der Waals surface area contributed by atoms with E-state index in [0.29, 0.717) is 12.8 Å². The Kier molecular flexibility index (Phi) is 33.0. The molecule has 0 fully saturated rings. The van der Waals surface area contributed by atoms with Crippen molar-refractivity contribution in [2.75, 3.05) is 65.9 Å². The summed E-state index contributed by atoms with van der Waals surface area (Å²) in [5.41, 5.74) is -0.410. The Labute approximate surface area is 327 Å². The summed E-state index contributed by atoms with van der Waals surface area (Å²) in [5, 5.41) is 25.5. The van der Waals surface area contributed by atoms with E-state index in [2.05, 4.69) is 16.0 Å². The molecule has 0 aromatic carbocycles. The Morgan fingerprint density at radius 3 is 1.45 bits per heavy atom. The molecule has 1 atom stereocenters. The molecule has 0 aromatic heterocycles. The number of unbranched alkanes of at least 4 members (excludes halogenated alkanes) is 13. The van der Waals surface area contributed by atoms with Gasteiger partial charge in [-0.15, -0.1) is 0 Å². The Balaban J connectivity index is 3.84. The van der Waals surface area contributed by atoms with Gasteiger partial charge in [-0.2, -0.15) is 0 Å². The van der Waals surface area contributed by atoms with Crippen molar-refractivity contribution < 1.29 is 62.7 Å². The number of hydrogen-bond donors (Lipinski definition) is 5. The molecule has 320 valence electrons. The van der Waals surface area contributed by atoms with Gasteiger partial charge in [0, 0.05) is 32.4 Å². The first-order valence-electron chi connectivity index (χ1n) is 20.1. The van der Waals surface area contributed by atoms with E-state index in [1.165, 1.54) is 44.9 Å². The summed E-state index contributed by atoms with van der Waals surface area (Å²) in [6.45, 7) is 6.61. The maximum Gasteiger partial charge on any atom is 0.329 e. The first kappa shape index (κ1) is 51.7. The summed E-state index contributed by atoms with van der Waals surface area (Å²) in [5.74, 6) is -3.30. The summed E-state index contributed by atoms with van der Waals surface area (Å²) in [6.07, 6.45) is 16.0. The van der Waals surface area contributed by atoms with E-state index in [4.69, 9.17) is 33.9 Å². The Morgan fingerprint density at radius 2 is 0.964 bits per heavy atom. The first-order chi connectivity index (χ1) is 26.3. The second-order valence-corrected chi connectivity index (χ2v) is 14.5. The zero-order chi connectivity index (χ0) is 41.0. The van der Waals surface area contributed by atoms with Crippen LogP contribution in [0, 0.1) is 0 Å². The predicted molar refractivity (Wildman–Crippen MR) is 205 cm³/mol. The smallest absolute Gasteiger partial charge is 0.329 e. The number of esters is 1. The highest BCUT2D eigenvalue weighted by molar-refractivity contribution is 5.88. The number of carbonyl (C=O) groups is 6. The highest BCUT2D eigenvalue weighted by Gasteiger charge is 2.21. The van der Waals surface area contributed by atoms with E-state index >= 15 is 0 Å². The lowest BCUT2D eigenvalue weighted by Crippen LogP contribution is -2.47. The van der Waals surface area contributed by atoms with Crippen molar-refractivity contribution >= 4 is 35.6 Å². The SMILES string of the molecule is CC(C)(C)OC(=O)CCCCCCCCCCCCCCCCC(=O)N[C@@H](CCC(=O)O)C(=O)NCCOCCOCC(=O)NCCOCCOCC(=O)O. The van der Waals surface area contributed by atoms with Crippen LogP contribution < -0.4 is 16.0 Å². The van der Waals surface area contributed by atoms with Gasteiger partial charge in [0.05, 0.1) is 39.6 Å². The second kappa shape index (κ2) is 35.1. The Morgan fingerprint density at radius 1 is 0.509 bits per heavy atom. The molecule has 0 unspecified atom stereocenters. The number of carboxylic acid groups (broad SMARTS) is 2. The molecule has 0 rings (SSSR count). The van der Waals surface area contributed by atoms with Crippen LogP contribution in [-0.4, -0.2) is 123 Å². The van der Waals surface area contributed by atoms with E-state index in [0.717, 1.165) is 38.5 Å². The summed E-state index contributed by atoms with van der Waals surface area (Å²) >= 11 is 0. The molecule has 0 heterocycles. The van der Waals surface area contributed by atoms with Crippen molar-refractivity contribution in [2.45, 2.75) is 148 Å². The van der Waals surface area contributed by atoms with Crippen LogP contribution in [0.4, 0.5) is 0 Å². The summed E-state index contributed by atoms with van der Waals surface area (Å²) < 4.78 is 26.0. The molecule has 16 nitrogen and oxygen atoms in total. The third-order valence-electron chi connectivity index (χ3n) is 8.07. The van der Waals surface area contributed by atoms with Gasteiger partial charge in [0.15, 0.2) is 0 Å². The fourth-order valence-corrected chi connectivity index (χ4v) is 5.32. The first-order valence-corrected chi connectivity index (χ1v) is 20.1. The number of aliphatic carboxylic acids is 2. The average molecular weight is 790 g/mol. The van der Waals surface area contributed by atoms with Gasteiger partial charge in [-0.3, -0.25) is 24.0 Å². The maximum atomic E-state index is 12.7. The van der Waals surface area contributed by atoms with Gasteiger partial charge in [0.1, 0.15) is 24.9 Å². The normalized spacial score (nSPS) is 11.8. The fourth-order valence-electron chi connectivity index (χ4n) is 5.32. The average Bonchev–Trinajstić information content (AvgIpc) is 3.10. The number of carboxylic acids is 2. The third kappa shape index (κ3) is 38.7. The van der Waals surface area contributed by atoms with Crippen molar-refractivity contribution in [2.24, 2.45) is 0 Å². The highest BCUT2D eigenvalue weighted by atomic mass is 16.6. The van der Waals surface area contributed by atoms with Crippen LogP contribution in [0.1, 0.15) is 136 Å². The molecule has 0 bridgehead atoms. The minimum Gasteiger partial charge on any atom is -0.481 e. The number of carbonyl (C=O) groups excluding carboxylic acids is 4. The molecule has 0 aliphatic rings. The van der Waals surface area contributed by atoms with E-state index in [-0.39, 0.29) is 96.4 Å². The highest BCUT2D eigenvalue weighted by Crippen LogP contribution is 2.15. The van der Waals surface area contributed by atoms with Crippen LogP contribution in [0.3, 0.4) is 0 Å². The van der Waals surface area contributed by atoms with Gasteiger partial charge >= 0.3 is 17.9 Å². The monoisotopic (exact) mass is 789 g/mol. The van der Waals surface area contributed by atoms with Gasteiger partial charge in [0.2, 0.25) is 17.7 Å². The zero-order valence-corrected chi connectivity index (χ0v) is 33.8. The van der Waals surface area contributed by atoms with Crippen LogP contribution in [0.5, 0.6) is 0 Å². The molecule has 0 aliphatic heterocycles. The van der Waals surface area contributed by atoms with E-state index in [9.17, 15) is 28.8 Å². The van der Waals surface area contributed by atoms with Crippen LogP contribution >= 0.6 is 0 Å². The number of nitrogens with one attached hydrogen (secondary N) is 3. The lowest BCUT2D eigenvalue weighted by molar-refractivity contribution is -0.155. The van der Waals surface area contributed by atoms with Crippen molar-refractivity contribution in [3.63, 3.8) is 0 Å². The summed E-state index contributed by atoms with van der Waals surface area (Å²) in [7, 11) is 0. The van der Waals surface area contributed by atoms with Gasteiger partial charge in [0.25, 0.3) is 0 Å². The predicted octanol–water partition coefficient (Wildman–Crippen LogP) is 4.30. The molecule has 0 radical (unpaired) electrons. The number of rotatable bonds is 38. The maximum absolute atomic E-state index is 12.7. The largest absolute Gasteiger partial charge is 0.481 e. The summed E-state index contributed by atoms with van der Waals surface area (Å²) in [6, 6.07) is -0.953. The van der Waals surface area contributed by atoms with E-state index in [1.807, 2.05) is 20.8 Å². The molecule has 3 amide bonds. The Bertz CT molecular complexity index is 1050. The van der Waals surface area contributed by atoms with Crippen molar-refractivity contribution in [3.05, 3.63) is 0 Å². The van der Waals surface area contributed by atoms with Crippen LogP contribution in [0.25, 0.3) is 0 Å². The molecule has 55 heavy (non-hydrogen) atoms. The van der Waals surface area contributed by atoms with E-state index < -0.39 is 36.1 Å². The minimum atomic E-state index is -1.06. The van der Waals surface area contributed by atoms with Crippen LogP contribution in [0.15, 0.2) is 0 Å². The van der Waals surface area contributed by atoms with Gasteiger partial charge in [-0.05, 0) is 40.0 Å². The van der Waals surface area contributed by atoms with E-state index in [1.54, 1.807) is 0 Å². The topological polar surface area (TPSA) is 225 Å². The van der Waals surface area contributed by atoms with Crippen LogP contribution in [-0.2, 0) is 52.5 Å². The number of hydrogen-bond acceptors (Lipinski definition) is 11. The van der Waals surface area contributed by atoms with Crippen molar-refractivity contribution in [3.8, 4) is 0 Å². The molecular formula is C39H71N3O13. The van der Waals surface area contributed by atoms with Crippen molar-refractivity contribution in [1.82, 2.24) is 16.0 Å².